The minimum absolute atomic E-state index is 0.924. The number of hydrogen-bond acceptors (Lipinski definition) is 2. The maximum Gasteiger partial charge on any atom is 0.0120 e. The van der Waals surface area contributed by atoms with Crippen LogP contribution in [0.1, 0.15) is 57.8 Å². The van der Waals surface area contributed by atoms with Crippen molar-refractivity contribution in [3.63, 3.8) is 0 Å². The lowest BCUT2D eigenvalue weighted by Crippen LogP contribution is -2.48. The van der Waals surface area contributed by atoms with Crippen LogP contribution < -0.4 is 0 Å². The number of nitrogens with zero attached hydrogens (tertiary/aromatic N) is 2. The third-order valence-corrected chi connectivity index (χ3v) is 5.25. The van der Waals surface area contributed by atoms with Crippen LogP contribution in [0.4, 0.5) is 0 Å². The lowest BCUT2D eigenvalue weighted by molar-refractivity contribution is 0.0734. The molecule has 98 valence electrons. The Bertz CT molecular complexity index is 221. The predicted octanol–water partition coefficient (Wildman–Crippen LogP) is 2.88. The Hall–Kier alpha value is -0.0800. The maximum absolute atomic E-state index is 2.80. The van der Waals surface area contributed by atoms with Crippen LogP contribution in [0.5, 0.6) is 0 Å². The average molecular weight is 236 g/mol. The van der Waals surface area contributed by atoms with Crippen LogP contribution in [-0.4, -0.2) is 48.1 Å². The molecule has 17 heavy (non-hydrogen) atoms. The summed E-state index contributed by atoms with van der Waals surface area (Å²) in [6.45, 7) is 5.53. The number of hydrogen-bond donors (Lipinski definition) is 0. The van der Waals surface area contributed by atoms with Crippen molar-refractivity contribution in [2.45, 2.75) is 69.9 Å². The Kier molecular flexibility index (Phi) is 4.02. The van der Waals surface area contributed by atoms with Crippen molar-refractivity contribution < 1.29 is 0 Å². The van der Waals surface area contributed by atoms with Gasteiger partial charge in [0.05, 0.1) is 0 Å². The van der Waals surface area contributed by atoms with Gasteiger partial charge in [-0.3, -0.25) is 0 Å². The van der Waals surface area contributed by atoms with Crippen molar-refractivity contribution in [2.75, 3.05) is 26.2 Å². The van der Waals surface area contributed by atoms with Crippen LogP contribution in [0.2, 0.25) is 0 Å². The van der Waals surface area contributed by atoms with Gasteiger partial charge in [-0.05, 0) is 64.7 Å². The van der Waals surface area contributed by atoms with Crippen LogP contribution in [0, 0.1) is 0 Å². The third kappa shape index (κ3) is 2.85. The third-order valence-electron chi connectivity index (χ3n) is 5.25. The normalized spacial score (nSPS) is 31.1. The highest BCUT2D eigenvalue weighted by Gasteiger charge is 2.29. The Labute approximate surface area is 106 Å². The second-order valence-corrected chi connectivity index (χ2v) is 6.30. The predicted molar refractivity (Wildman–Crippen MR) is 72.3 cm³/mol. The smallest absolute Gasteiger partial charge is 0.0120 e. The molecular formula is C15H28N2. The van der Waals surface area contributed by atoms with Crippen molar-refractivity contribution in [2.24, 2.45) is 0 Å². The fourth-order valence-electron chi connectivity index (χ4n) is 4.17. The van der Waals surface area contributed by atoms with E-state index in [0.717, 1.165) is 12.1 Å². The molecule has 2 heteroatoms. The minimum atomic E-state index is 0.924. The summed E-state index contributed by atoms with van der Waals surface area (Å²) >= 11 is 0. The Balaban J connectivity index is 1.46. The first-order chi connectivity index (χ1) is 8.43. The van der Waals surface area contributed by atoms with E-state index in [1.54, 1.807) is 0 Å². The lowest BCUT2D eigenvalue weighted by atomic mass is 9.98. The summed E-state index contributed by atoms with van der Waals surface area (Å²) in [4.78, 5) is 5.59. The van der Waals surface area contributed by atoms with Crippen LogP contribution in [-0.2, 0) is 0 Å². The van der Waals surface area contributed by atoms with E-state index in [-0.39, 0.29) is 0 Å². The number of piperidine rings is 2. The van der Waals surface area contributed by atoms with Gasteiger partial charge in [0.1, 0.15) is 0 Å². The summed E-state index contributed by atoms with van der Waals surface area (Å²) in [6.07, 6.45) is 13.2. The molecule has 0 N–H and O–H groups in total. The molecule has 0 aromatic heterocycles. The second kappa shape index (κ2) is 5.71. The zero-order chi connectivity index (χ0) is 11.5. The zero-order valence-electron chi connectivity index (χ0n) is 11.2. The van der Waals surface area contributed by atoms with E-state index in [9.17, 15) is 0 Å². The standard InChI is InChI=1S/C15H28N2/c1-4-10-16(11-5-1)15-8-12-17(13-9-15)14-6-2-3-7-14/h14-15H,1-13H2. The second-order valence-electron chi connectivity index (χ2n) is 6.30. The monoisotopic (exact) mass is 236 g/mol. The van der Waals surface area contributed by atoms with E-state index < -0.39 is 0 Å². The fraction of sp³-hybridized carbons (Fsp3) is 1.00. The zero-order valence-corrected chi connectivity index (χ0v) is 11.2. The highest BCUT2D eigenvalue weighted by atomic mass is 15.2. The van der Waals surface area contributed by atoms with Gasteiger partial charge in [-0.25, -0.2) is 0 Å². The lowest BCUT2D eigenvalue weighted by Gasteiger charge is -2.42. The quantitative estimate of drug-likeness (QED) is 0.727. The van der Waals surface area contributed by atoms with Gasteiger partial charge in [-0.15, -0.1) is 0 Å². The van der Waals surface area contributed by atoms with Crippen LogP contribution in [0.3, 0.4) is 0 Å². The van der Waals surface area contributed by atoms with Crippen molar-refractivity contribution in [1.29, 1.82) is 0 Å². The molecule has 3 rings (SSSR count). The highest BCUT2D eigenvalue weighted by molar-refractivity contribution is 4.86. The van der Waals surface area contributed by atoms with Crippen LogP contribution in [0.15, 0.2) is 0 Å². The number of rotatable bonds is 2. The molecule has 2 aliphatic heterocycles. The maximum atomic E-state index is 2.80. The molecule has 0 amide bonds. The molecule has 1 aliphatic carbocycles. The van der Waals surface area contributed by atoms with Gasteiger partial charge in [0.25, 0.3) is 0 Å². The van der Waals surface area contributed by atoms with Gasteiger partial charge in [-0.2, -0.15) is 0 Å². The molecule has 1 saturated carbocycles. The first-order valence-corrected chi connectivity index (χ1v) is 7.91. The molecule has 0 atom stereocenters. The Morgan fingerprint density at radius 1 is 0.471 bits per heavy atom. The molecule has 0 bridgehead atoms. The molecule has 0 radical (unpaired) electrons. The highest BCUT2D eigenvalue weighted by Crippen LogP contribution is 2.28. The summed E-state index contributed by atoms with van der Waals surface area (Å²) in [5.41, 5.74) is 0. The molecule has 0 aromatic rings. The summed E-state index contributed by atoms with van der Waals surface area (Å²) < 4.78 is 0. The van der Waals surface area contributed by atoms with Crippen molar-refractivity contribution in [3.05, 3.63) is 0 Å². The molecule has 0 aromatic carbocycles. The van der Waals surface area contributed by atoms with Gasteiger partial charge in [0.15, 0.2) is 0 Å². The molecular weight excluding hydrogens is 208 g/mol. The molecule has 3 aliphatic rings. The van der Waals surface area contributed by atoms with Crippen LogP contribution in [0.25, 0.3) is 0 Å². The van der Waals surface area contributed by atoms with Crippen LogP contribution >= 0.6 is 0 Å². The summed E-state index contributed by atoms with van der Waals surface area (Å²) in [5, 5.41) is 0. The molecule has 0 spiro atoms. The molecule has 2 nitrogen and oxygen atoms in total. The van der Waals surface area contributed by atoms with E-state index >= 15 is 0 Å². The van der Waals surface area contributed by atoms with E-state index in [1.165, 1.54) is 84.0 Å². The summed E-state index contributed by atoms with van der Waals surface area (Å²) in [7, 11) is 0. The van der Waals surface area contributed by atoms with E-state index in [1.807, 2.05) is 0 Å². The van der Waals surface area contributed by atoms with E-state index in [2.05, 4.69) is 9.80 Å². The van der Waals surface area contributed by atoms with E-state index in [4.69, 9.17) is 0 Å². The summed E-state index contributed by atoms with van der Waals surface area (Å²) in [5.74, 6) is 0. The van der Waals surface area contributed by atoms with Crippen molar-refractivity contribution >= 4 is 0 Å². The largest absolute Gasteiger partial charge is 0.300 e. The van der Waals surface area contributed by atoms with Gasteiger partial charge in [-0.1, -0.05) is 19.3 Å². The first-order valence-electron chi connectivity index (χ1n) is 7.91. The molecule has 2 saturated heterocycles. The number of likely N-dealkylation sites (tertiary alicyclic amines) is 2. The Morgan fingerprint density at radius 3 is 1.65 bits per heavy atom. The average Bonchev–Trinajstić information content (AvgIpc) is 2.94. The minimum Gasteiger partial charge on any atom is -0.300 e. The first kappa shape index (κ1) is 12.0. The SMILES string of the molecule is C1CCN(C2CCN(C3CCCC3)CC2)CC1. The summed E-state index contributed by atoms with van der Waals surface area (Å²) in [6, 6.07) is 1.88. The fourth-order valence-corrected chi connectivity index (χ4v) is 4.17. The van der Waals surface area contributed by atoms with Gasteiger partial charge in [0, 0.05) is 12.1 Å². The Morgan fingerprint density at radius 2 is 1.00 bits per heavy atom. The molecule has 0 unspecified atom stereocenters. The molecule has 2 heterocycles. The van der Waals surface area contributed by atoms with E-state index in [0.29, 0.717) is 0 Å². The van der Waals surface area contributed by atoms with Crippen molar-refractivity contribution in [1.82, 2.24) is 9.80 Å². The van der Waals surface area contributed by atoms with Gasteiger partial charge >= 0.3 is 0 Å². The molecule has 3 fully saturated rings. The van der Waals surface area contributed by atoms with Gasteiger partial charge in [0.2, 0.25) is 0 Å². The topological polar surface area (TPSA) is 6.48 Å². The van der Waals surface area contributed by atoms with Crippen molar-refractivity contribution in [3.8, 4) is 0 Å². The van der Waals surface area contributed by atoms with Gasteiger partial charge < -0.3 is 9.80 Å².